The summed E-state index contributed by atoms with van der Waals surface area (Å²) in [6.07, 6.45) is -0.00305. The maximum Gasteiger partial charge on any atom is 0.335 e. The molecule has 1 aliphatic carbocycles. The number of Topliss-reactive ketones (excluding diaryl/α,β-unsaturated/α-hetero) is 1. The molecule has 0 bridgehead atoms. The molecule has 0 atom stereocenters. The lowest BCUT2D eigenvalue weighted by Gasteiger charge is -2.24. The molecular weight excluding hydrogens is 389 g/mol. The molecule has 0 aromatic heterocycles. The summed E-state index contributed by atoms with van der Waals surface area (Å²) < 4.78 is 14.2. The number of carboxylic acids is 1. The molecule has 0 saturated heterocycles. The van der Waals surface area contributed by atoms with Crippen LogP contribution in [0.2, 0.25) is 0 Å². The van der Waals surface area contributed by atoms with E-state index in [-0.39, 0.29) is 54.3 Å². The Kier molecular flexibility index (Phi) is 6.27. The predicted molar refractivity (Wildman–Crippen MR) is 112 cm³/mol. The molecule has 8 heteroatoms. The summed E-state index contributed by atoms with van der Waals surface area (Å²) in [4.78, 5) is 28.3. The van der Waals surface area contributed by atoms with Crippen LogP contribution in [-0.2, 0) is 17.6 Å². The topological polar surface area (TPSA) is 125 Å². The first-order valence-corrected chi connectivity index (χ1v) is 9.38. The molecule has 0 saturated carbocycles. The number of hydrogen-bond acceptors (Lipinski definition) is 6. The molecule has 3 rings (SSSR count). The fraction of sp³-hybridized carbons (Fsp3) is 0.227. The number of aliphatic imine (C=N–C) groups is 1. The van der Waals surface area contributed by atoms with E-state index < -0.39 is 11.8 Å². The molecule has 7 nitrogen and oxygen atoms in total. The van der Waals surface area contributed by atoms with Gasteiger partial charge < -0.3 is 21.3 Å². The minimum Gasteiger partial charge on any atom is -0.511 e. The van der Waals surface area contributed by atoms with E-state index in [1.165, 1.54) is 24.3 Å². The number of nitrogens with zero attached hydrogens (tertiary/aromatic N) is 1. The number of carbonyl (C=O) groups is 2. The molecule has 0 unspecified atom stereocenters. The second-order valence-electron chi connectivity index (χ2n) is 6.85. The van der Waals surface area contributed by atoms with Gasteiger partial charge in [0, 0.05) is 37.7 Å². The van der Waals surface area contributed by atoms with Crippen molar-refractivity contribution in [3.63, 3.8) is 0 Å². The van der Waals surface area contributed by atoms with Gasteiger partial charge in [-0.05, 0) is 35.4 Å². The van der Waals surface area contributed by atoms with Crippen LogP contribution in [0.5, 0.6) is 0 Å². The largest absolute Gasteiger partial charge is 0.511 e. The van der Waals surface area contributed by atoms with Crippen LogP contribution in [0.3, 0.4) is 0 Å². The quantitative estimate of drug-likeness (QED) is 0.428. The van der Waals surface area contributed by atoms with Crippen LogP contribution >= 0.6 is 0 Å². The maximum absolute atomic E-state index is 14.2. The zero-order valence-corrected chi connectivity index (χ0v) is 16.4. The van der Waals surface area contributed by atoms with E-state index >= 15 is 0 Å². The van der Waals surface area contributed by atoms with Crippen LogP contribution in [0.15, 0.2) is 52.7 Å². The van der Waals surface area contributed by atoms with E-state index in [2.05, 4.69) is 10.3 Å². The molecule has 0 heterocycles. The van der Waals surface area contributed by atoms with Gasteiger partial charge in [-0.25, -0.2) is 9.18 Å². The Morgan fingerprint density at radius 3 is 2.53 bits per heavy atom. The Bertz CT molecular complexity index is 1060. The van der Waals surface area contributed by atoms with Crippen molar-refractivity contribution < 1.29 is 24.2 Å². The van der Waals surface area contributed by atoms with Crippen LogP contribution < -0.4 is 11.1 Å². The Hall–Kier alpha value is -3.52. The van der Waals surface area contributed by atoms with Crippen LogP contribution in [-0.4, -0.2) is 47.8 Å². The van der Waals surface area contributed by atoms with Gasteiger partial charge in [-0.3, -0.25) is 9.79 Å². The molecule has 156 valence electrons. The van der Waals surface area contributed by atoms with Crippen LogP contribution in [0.4, 0.5) is 10.1 Å². The number of nitrogens with two attached hydrogens (primary N) is 1. The number of rotatable bonds is 6. The number of anilines is 1. The second-order valence-corrected chi connectivity index (χ2v) is 6.85. The van der Waals surface area contributed by atoms with Gasteiger partial charge in [0.25, 0.3) is 0 Å². The van der Waals surface area contributed by atoms with Gasteiger partial charge in [0.15, 0.2) is 5.78 Å². The molecule has 0 aliphatic heterocycles. The number of aromatic carboxylic acids is 1. The lowest BCUT2D eigenvalue weighted by atomic mass is 9.82. The number of allylic oxidation sites excluding steroid dienone is 2. The zero-order valence-electron chi connectivity index (χ0n) is 16.4. The first kappa shape index (κ1) is 21.2. The molecule has 30 heavy (non-hydrogen) atoms. The fourth-order valence-electron chi connectivity index (χ4n) is 3.46. The molecule has 0 fully saturated rings. The Labute approximate surface area is 172 Å². The van der Waals surface area contributed by atoms with Crippen molar-refractivity contribution in [3.8, 4) is 0 Å². The summed E-state index contributed by atoms with van der Waals surface area (Å²) >= 11 is 0. The van der Waals surface area contributed by atoms with E-state index in [1.807, 2.05) is 0 Å². The lowest BCUT2D eigenvalue weighted by molar-refractivity contribution is -0.114. The molecule has 2 aromatic carbocycles. The smallest absolute Gasteiger partial charge is 0.335 e. The number of ketones is 1. The summed E-state index contributed by atoms with van der Waals surface area (Å²) in [5.41, 5.74) is 8.09. The molecule has 2 aromatic rings. The van der Waals surface area contributed by atoms with E-state index in [1.54, 1.807) is 19.2 Å². The predicted octanol–water partition coefficient (Wildman–Crippen LogP) is 2.49. The number of carbonyl (C=O) groups excluding carboxylic acids is 1. The third-order valence-electron chi connectivity index (χ3n) is 4.85. The van der Waals surface area contributed by atoms with Crippen molar-refractivity contribution in [1.29, 1.82) is 0 Å². The molecule has 0 amide bonds. The number of hydrogen-bond donors (Lipinski definition) is 4. The summed E-state index contributed by atoms with van der Waals surface area (Å²) in [5.74, 6) is -2.08. The van der Waals surface area contributed by atoms with E-state index in [4.69, 9.17) is 10.8 Å². The number of carboxylic acid groups (broad SMARTS) is 1. The summed E-state index contributed by atoms with van der Waals surface area (Å²) in [5, 5.41) is 22.7. The minimum atomic E-state index is -1.05. The highest BCUT2D eigenvalue weighted by Gasteiger charge is 2.32. The molecule has 1 aliphatic rings. The van der Waals surface area contributed by atoms with Crippen LogP contribution in [0, 0.1) is 5.82 Å². The fourth-order valence-corrected chi connectivity index (χ4v) is 3.46. The van der Waals surface area contributed by atoms with Crippen LogP contribution in [0.25, 0.3) is 0 Å². The highest BCUT2D eigenvalue weighted by atomic mass is 19.1. The lowest BCUT2D eigenvalue weighted by Crippen LogP contribution is -2.28. The zero-order chi connectivity index (χ0) is 21.8. The third-order valence-corrected chi connectivity index (χ3v) is 4.85. The Morgan fingerprint density at radius 1 is 1.23 bits per heavy atom. The highest BCUT2D eigenvalue weighted by Crippen LogP contribution is 2.32. The van der Waals surface area contributed by atoms with Crippen molar-refractivity contribution in [2.45, 2.75) is 12.8 Å². The van der Waals surface area contributed by atoms with Gasteiger partial charge in [0.1, 0.15) is 11.6 Å². The Balaban J connectivity index is 2.08. The molecule has 0 spiro atoms. The van der Waals surface area contributed by atoms with Crippen LogP contribution in [0.1, 0.15) is 27.0 Å². The number of fused-ring (bicyclic) bond motifs is 1. The third kappa shape index (κ3) is 4.23. The molecule has 0 radical (unpaired) electrons. The minimum absolute atomic E-state index is 0.00610. The number of nitrogens with one attached hydrogen (secondary N) is 1. The van der Waals surface area contributed by atoms with Gasteiger partial charge in [-0.15, -0.1) is 0 Å². The maximum atomic E-state index is 14.2. The van der Waals surface area contributed by atoms with Crippen molar-refractivity contribution in [2.24, 2.45) is 10.7 Å². The SMILES string of the molecule is CNc1cc(F)cc2c1CC(=O)C(=C(O)Cc1ccc(C(=O)O)cc1)C2=NCCN. The standard InChI is InChI=1S/C22H22FN3O4/c1-25-17-10-14(23)9-16-15(17)11-19(28)20(21(16)26-7-6-24)18(27)8-12-2-4-13(5-3-12)22(29)30/h2-5,9-10,25,27H,6-8,11,24H2,1H3,(H,29,30). The van der Waals surface area contributed by atoms with E-state index in [0.29, 0.717) is 22.4 Å². The highest BCUT2D eigenvalue weighted by molar-refractivity contribution is 6.32. The average Bonchev–Trinajstić information content (AvgIpc) is 2.71. The summed E-state index contributed by atoms with van der Waals surface area (Å²) in [6.45, 7) is 0.434. The van der Waals surface area contributed by atoms with E-state index in [9.17, 15) is 19.1 Å². The van der Waals surface area contributed by atoms with Gasteiger partial charge >= 0.3 is 5.97 Å². The van der Waals surface area contributed by atoms with Crippen molar-refractivity contribution in [1.82, 2.24) is 0 Å². The van der Waals surface area contributed by atoms with Gasteiger partial charge in [-0.1, -0.05) is 12.1 Å². The van der Waals surface area contributed by atoms with E-state index in [0.717, 1.165) is 0 Å². The monoisotopic (exact) mass is 411 g/mol. The van der Waals surface area contributed by atoms with Gasteiger partial charge in [0.2, 0.25) is 0 Å². The van der Waals surface area contributed by atoms with Crippen molar-refractivity contribution in [2.75, 3.05) is 25.5 Å². The van der Waals surface area contributed by atoms with Gasteiger partial charge in [0.05, 0.1) is 23.4 Å². The number of aliphatic hydroxyl groups is 1. The summed E-state index contributed by atoms with van der Waals surface area (Å²) in [6, 6.07) is 8.59. The number of benzene rings is 2. The van der Waals surface area contributed by atoms with Gasteiger partial charge in [-0.2, -0.15) is 0 Å². The normalized spacial score (nSPS) is 16.4. The number of aliphatic hydroxyl groups excluding tert-OH is 1. The second kappa shape index (κ2) is 8.87. The average molecular weight is 411 g/mol. The first-order valence-electron chi connectivity index (χ1n) is 9.38. The molecular formula is C22H22FN3O4. The van der Waals surface area contributed by atoms with Crippen molar-refractivity contribution in [3.05, 3.63) is 75.8 Å². The Morgan fingerprint density at radius 2 is 1.93 bits per heavy atom. The molecule has 5 N–H and O–H groups in total. The summed E-state index contributed by atoms with van der Waals surface area (Å²) in [7, 11) is 1.64. The first-order chi connectivity index (χ1) is 14.3. The van der Waals surface area contributed by atoms with Crippen molar-refractivity contribution >= 4 is 23.2 Å². The number of halogens is 1.